The van der Waals surface area contributed by atoms with E-state index >= 15 is 0 Å². The number of nitrogens with two attached hydrogens (primary N) is 1. The molecule has 1 aromatic carbocycles. The summed E-state index contributed by atoms with van der Waals surface area (Å²) in [5.41, 5.74) is 6.80. The van der Waals surface area contributed by atoms with E-state index in [9.17, 15) is 4.79 Å². The number of rotatable bonds is 7. The first-order chi connectivity index (χ1) is 11.1. The van der Waals surface area contributed by atoms with E-state index in [0.717, 1.165) is 51.4 Å². The highest BCUT2D eigenvalue weighted by Gasteiger charge is 2.08. The molecule has 0 amide bonds. The standard InChI is InChI=1S/C16H24N4O3/c17-16(19-14-5-3-13(4-6-14)15(21)22)18-7-1-2-8-20-9-11-23-12-10-20/h3-6H,1-2,7-12H2,(H,21,22)(H3,17,18,19). The Morgan fingerprint density at radius 1 is 1.26 bits per heavy atom. The Balaban J connectivity index is 1.65. The summed E-state index contributed by atoms with van der Waals surface area (Å²) in [5, 5.41) is 11.8. The summed E-state index contributed by atoms with van der Waals surface area (Å²) >= 11 is 0. The van der Waals surface area contributed by atoms with Crippen LogP contribution in [0.1, 0.15) is 23.2 Å². The van der Waals surface area contributed by atoms with Gasteiger partial charge in [-0.25, -0.2) is 4.79 Å². The van der Waals surface area contributed by atoms with E-state index < -0.39 is 5.97 Å². The molecule has 126 valence electrons. The zero-order chi connectivity index (χ0) is 16.5. The second kappa shape index (κ2) is 9.12. The monoisotopic (exact) mass is 320 g/mol. The van der Waals surface area contributed by atoms with Gasteiger partial charge in [0.2, 0.25) is 0 Å². The Morgan fingerprint density at radius 2 is 1.96 bits per heavy atom. The number of aliphatic imine (C=N–C) groups is 1. The number of nitrogens with zero attached hydrogens (tertiary/aromatic N) is 2. The van der Waals surface area contributed by atoms with Crippen LogP contribution >= 0.6 is 0 Å². The lowest BCUT2D eigenvalue weighted by Crippen LogP contribution is -2.36. The smallest absolute Gasteiger partial charge is 0.335 e. The fraction of sp³-hybridized carbons (Fsp3) is 0.500. The number of nitrogens with one attached hydrogen (secondary N) is 1. The Bertz CT molecular complexity index is 525. The van der Waals surface area contributed by atoms with Crippen molar-refractivity contribution in [2.75, 3.05) is 44.7 Å². The van der Waals surface area contributed by atoms with E-state index in [1.54, 1.807) is 12.1 Å². The Labute approximate surface area is 136 Å². The molecule has 0 bridgehead atoms. The first-order valence-corrected chi connectivity index (χ1v) is 7.85. The van der Waals surface area contributed by atoms with Crippen LogP contribution in [0.2, 0.25) is 0 Å². The molecule has 0 spiro atoms. The molecule has 7 heteroatoms. The summed E-state index contributed by atoms with van der Waals surface area (Å²) in [7, 11) is 0. The van der Waals surface area contributed by atoms with Crippen molar-refractivity contribution in [2.45, 2.75) is 12.8 Å². The largest absolute Gasteiger partial charge is 0.478 e. The molecule has 1 fully saturated rings. The second-order valence-electron chi connectivity index (χ2n) is 5.44. The summed E-state index contributed by atoms with van der Waals surface area (Å²) in [5.74, 6) is -0.599. The second-order valence-corrected chi connectivity index (χ2v) is 5.44. The molecule has 0 aliphatic carbocycles. The van der Waals surface area contributed by atoms with Crippen LogP contribution in [0.3, 0.4) is 0 Å². The third kappa shape index (κ3) is 6.25. The zero-order valence-corrected chi connectivity index (χ0v) is 13.2. The molecular weight excluding hydrogens is 296 g/mol. The fourth-order valence-electron chi connectivity index (χ4n) is 2.36. The lowest BCUT2D eigenvalue weighted by Gasteiger charge is -2.26. The number of carbonyl (C=O) groups is 1. The third-order valence-electron chi connectivity index (χ3n) is 3.67. The molecule has 0 saturated carbocycles. The molecule has 4 N–H and O–H groups in total. The Morgan fingerprint density at radius 3 is 2.61 bits per heavy atom. The minimum Gasteiger partial charge on any atom is -0.478 e. The van der Waals surface area contributed by atoms with Crippen LogP contribution in [0.4, 0.5) is 5.69 Å². The zero-order valence-electron chi connectivity index (χ0n) is 13.2. The molecule has 0 atom stereocenters. The van der Waals surface area contributed by atoms with Gasteiger partial charge < -0.3 is 20.9 Å². The molecular formula is C16H24N4O3. The van der Waals surface area contributed by atoms with Gasteiger partial charge in [-0.1, -0.05) is 0 Å². The van der Waals surface area contributed by atoms with Crippen molar-refractivity contribution in [1.82, 2.24) is 4.90 Å². The average molecular weight is 320 g/mol. The predicted molar refractivity (Wildman–Crippen MR) is 90.0 cm³/mol. The number of unbranched alkanes of at least 4 members (excludes halogenated alkanes) is 1. The summed E-state index contributed by atoms with van der Waals surface area (Å²) < 4.78 is 5.31. The molecule has 0 unspecified atom stereocenters. The van der Waals surface area contributed by atoms with Crippen molar-refractivity contribution in [3.63, 3.8) is 0 Å². The third-order valence-corrected chi connectivity index (χ3v) is 3.67. The van der Waals surface area contributed by atoms with Crippen molar-refractivity contribution < 1.29 is 14.6 Å². The van der Waals surface area contributed by atoms with Crippen LogP contribution < -0.4 is 11.1 Å². The fourth-order valence-corrected chi connectivity index (χ4v) is 2.36. The van der Waals surface area contributed by atoms with Crippen molar-refractivity contribution in [3.05, 3.63) is 29.8 Å². The molecule has 1 aromatic rings. The highest BCUT2D eigenvalue weighted by Crippen LogP contribution is 2.09. The molecule has 1 aliphatic rings. The summed E-state index contributed by atoms with van der Waals surface area (Å²) in [6.07, 6.45) is 2.07. The number of guanidine groups is 1. The number of ether oxygens (including phenoxy) is 1. The van der Waals surface area contributed by atoms with Crippen LogP contribution in [-0.2, 0) is 4.74 Å². The predicted octanol–water partition coefficient (Wildman–Crippen LogP) is 1.22. The van der Waals surface area contributed by atoms with Gasteiger partial charge in [0.1, 0.15) is 0 Å². The maximum absolute atomic E-state index is 10.8. The van der Waals surface area contributed by atoms with Gasteiger partial charge in [0, 0.05) is 25.3 Å². The van der Waals surface area contributed by atoms with Crippen LogP contribution in [-0.4, -0.2) is 61.3 Å². The van der Waals surface area contributed by atoms with Gasteiger partial charge in [-0.3, -0.25) is 9.89 Å². The first kappa shape index (κ1) is 17.2. The van der Waals surface area contributed by atoms with Crippen LogP contribution in [0, 0.1) is 0 Å². The van der Waals surface area contributed by atoms with Gasteiger partial charge in [0.25, 0.3) is 0 Å². The van der Waals surface area contributed by atoms with Crippen molar-refractivity contribution in [2.24, 2.45) is 10.7 Å². The molecule has 0 aromatic heterocycles. The molecule has 1 aliphatic heterocycles. The van der Waals surface area contributed by atoms with Crippen LogP contribution in [0.25, 0.3) is 0 Å². The lowest BCUT2D eigenvalue weighted by molar-refractivity contribution is 0.0373. The SMILES string of the molecule is NC(=NCCCCN1CCOCC1)Nc1ccc(C(=O)O)cc1. The summed E-state index contributed by atoms with van der Waals surface area (Å²) in [4.78, 5) is 17.5. The number of anilines is 1. The maximum atomic E-state index is 10.8. The number of morpholine rings is 1. The molecule has 1 heterocycles. The highest BCUT2D eigenvalue weighted by atomic mass is 16.5. The quantitative estimate of drug-likeness (QED) is 0.397. The Kier molecular flexibility index (Phi) is 6.83. The van der Waals surface area contributed by atoms with E-state index in [0.29, 0.717) is 12.5 Å². The highest BCUT2D eigenvalue weighted by molar-refractivity contribution is 5.93. The average Bonchev–Trinajstić information content (AvgIpc) is 2.56. The van der Waals surface area contributed by atoms with Gasteiger partial charge in [0.15, 0.2) is 5.96 Å². The number of hydrogen-bond acceptors (Lipinski definition) is 4. The minimum atomic E-state index is -0.946. The van der Waals surface area contributed by atoms with Crippen molar-refractivity contribution >= 4 is 17.6 Å². The summed E-state index contributed by atoms with van der Waals surface area (Å²) in [6.45, 7) is 5.43. The topological polar surface area (TPSA) is 100 Å². The number of carboxylic acid groups (broad SMARTS) is 1. The number of benzene rings is 1. The van der Waals surface area contributed by atoms with E-state index in [4.69, 9.17) is 15.6 Å². The van der Waals surface area contributed by atoms with Crippen molar-refractivity contribution in [3.8, 4) is 0 Å². The van der Waals surface area contributed by atoms with E-state index in [2.05, 4.69) is 15.2 Å². The first-order valence-electron chi connectivity index (χ1n) is 7.85. The molecule has 1 saturated heterocycles. The van der Waals surface area contributed by atoms with E-state index in [1.165, 1.54) is 12.1 Å². The maximum Gasteiger partial charge on any atom is 0.335 e. The Hall–Kier alpha value is -2.12. The van der Waals surface area contributed by atoms with E-state index in [1.807, 2.05) is 0 Å². The number of carboxylic acids is 1. The van der Waals surface area contributed by atoms with Crippen LogP contribution in [0.5, 0.6) is 0 Å². The number of aromatic carboxylic acids is 1. The van der Waals surface area contributed by atoms with Gasteiger partial charge >= 0.3 is 5.97 Å². The van der Waals surface area contributed by atoms with Gasteiger partial charge in [-0.15, -0.1) is 0 Å². The van der Waals surface area contributed by atoms with Gasteiger partial charge in [-0.2, -0.15) is 0 Å². The minimum absolute atomic E-state index is 0.245. The molecule has 7 nitrogen and oxygen atoms in total. The molecule has 2 rings (SSSR count). The van der Waals surface area contributed by atoms with E-state index in [-0.39, 0.29) is 5.56 Å². The number of hydrogen-bond donors (Lipinski definition) is 3. The molecule has 23 heavy (non-hydrogen) atoms. The summed E-state index contributed by atoms with van der Waals surface area (Å²) in [6, 6.07) is 6.40. The lowest BCUT2D eigenvalue weighted by atomic mass is 10.2. The normalized spacial score (nSPS) is 16.3. The van der Waals surface area contributed by atoms with Crippen molar-refractivity contribution in [1.29, 1.82) is 0 Å². The molecule has 0 radical (unpaired) electrons. The van der Waals surface area contributed by atoms with Crippen LogP contribution in [0.15, 0.2) is 29.3 Å². The van der Waals surface area contributed by atoms with Gasteiger partial charge in [0.05, 0.1) is 18.8 Å². The van der Waals surface area contributed by atoms with Gasteiger partial charge in [-0.05, 0) is 43.7 Å².